The number of benzene rings is 1. The molecule has 2 aromatic rings. The van der Waals surface area contributed by atoms with Crippen LogP contribution in [0.25, 0.3) is 0 Å². The van der Waals surface area contributed by atoms with Gasteiger partial charge in [-0.25, -0.2) is 18.7 Å². The highest BCUT2D eigenvalue weighted by atomic mass is 19.1. The number of rotatable bonds is 4. The van der Waals surface area contributed by atoms with Gasteiger partial charge in [0.25, 0.3) is 0 Å². The predicted molar refractivity (Wildman–Crippen MR) is 65.3 cm³/mol. The second kappa shape index (κ2) is 5.87. The average molecular weight is 260 g/mol. The molecule has 0 radical (unpaired) electrons. The molecule has 1 N–H and O–H groups in total. The van der Waals surface area contributed by atoms with Crippen molar-refractivity contribution in [2.75, 3.05) is 11.9 Å². The number of halogens is 2. The molecule has 0 atom stereocenters. The number of nitrogens with zero attached hydrogens (tertiary/aromatic N) is 3. The minimum absolute atomic E-state index is 0.259. The van der Waals surface area contributed by atoms with Gasteiger partial charge in [0.1, 0.15) is 23.4 Å². The van der Waals surface area contributed by atoms with Gasteiger partial charge in [-0.05, 0) is 30.2 Å². The zero-order chi connectivity index (χ0) is 13.7. The molecule has 96 valence electrons. The molecule has 0 aliphatic rings. The molecule has 0 aliphatic heterocycles. The first kappa shape index (κ1) is 12.9. The van der Waals surface area contributed by atoms with Gasteiger partial charge in [0, 0.05) is 18.8 Å². The fourth-order valence-electron chi connectivity index (χ4n) is 1.58. The van der Waals surface area contributed by atoms with Crippen LogP contribution in [0.5, 0.6) is 0 Å². The molecule has 0 amide bonds. The molecule has 1 aromatic heterocycles. The first-order valence-corrected chi connectivity index (χ1v) is 5.59. The standard InChI is InChI=1S/C13H10F2N4/c14-10-5-9(6-11(15)7-10)1-3-17-13-18-4-2-12(8-16)19-13/h2,4-7H,1,3H2,(H,17,18,19). The summed E-state index contributed by atoms with van der Waals surface area (Å²) in [6.45, 7) is 0.414. The number of nitrogens with one attached hydrogen (secondary N) is 1. The fourth-order valence-corrected chi connectivity index (χ4v) is 1.58. The number of hydrogen-bond donors (Lipinski definition) is 1. The minimum atomic E-state index is -0.599. The maximum atomic E-state index is 13.0. The molecule has 0 fully saturated rings. The number of nitriles is 1. The van der Waals surface area contributed by atoms with E-state index in [1.165, 1.54) is 24.4 Å². The first-order valence-electron chi connectivity index (χ1n) is 5.59. The van der Waals surface area contributed by atoms with Crippen molar-refractivity contribution in [3.05, 3.63) is 53.4 Å². The van der Waals surface area contributed by atoms with E-state index in [1.54, 1.807) is 0 Å². The van der Waals surface area contributed by atoms with E-state index >= 15 is 0 Å². The van der Waals surface area contributed by atoms with Crippen LogP contribution >= 0.6 is 0 Å². The monoisotopic (exact) mass is 260 g/mol. The van der Waals surface area contributed by atoms with E-state index in [-0.39, 0.29) is 5.69 Å². The summed E-state index contributed by atoms with van der Waals surface area (Å²) in [4.78, 5) is 7.86. The van der Waals surface area contributed by atoms with Crippen molar-refractivity contribution in [3.63, 3.8) is 0 Å². The van der Waals surface area contributed by atoms with Gasteiger partial charge >= 0.3 is 0 Å². The van der Waals surface area contributed by atoms with Crippen LogP contribution in [0.15, 0.2) is 30.5 Å². The Kier molecular flexibility index (Phi) is 3.98. The number of anilines is 1. The molecule has 0 spiro atoms. The lowest BCUT2D eigenvalue weighted by molar-refractivity contribution is 0.580. The van der Waals surface area contributed by atoms with Crippen molar-refractivity contribution < 1.29 is 8.78 Å². The minimum Gasteiger partial charge on any atom is -0.354 e. The van der Waals surface area contributed by atoms with E-state index in [2.05, 4.69) is 15.3 Å². The van der Waals surface area contributed by atoms with Crippen LogP contribution in [-0.4, -0.2) is 16.5 Å². The number of aromatic nitrogens is 2. The summed E-state index contributed by atoms with van der Waals surface area (Å²) < 4.78 is 25.9. The van der Waals surface area contributed by atoms with E-state index in [0.717, 1.165) is 6.07 Å². The Balaban J connectivity index is 1.94. The van der Waals surface area contributed by atoms with Crippen molar-refractivity contribution >= 4 is 5.95 Å². The van der Waals surface area contributed by atoms with Gasteiger partial charge in [-0.2, -0.15) is 5.26 Å². The van der Waals surface area contributed by atoms with E-state index < -0.39 is 11.6 Å². The highest BCUT2D eigenvalue weighted by Gasteiger charge is 2.02. The Morgan fingerprint density at radius 1 is 1.21 bits per heavy atom. The molecule has 19 heavy (non-hydrogen) atoms. The molecular weight excluding hydrogens is 250 g/mol. The van der Waals surface area contributed by atoms with Gasteiger partial charge in [0.2, 0.25) is 5.95 Å². The second-order valence-electron chi connectivity index (χ2n) is 3.83. The molecule has 0 saturated carbocycles. The van der Waals surface area contributed by atoms with Gasteiger partial charge in [0.15, 0.2) is 0 Å². The summed E-state index contributed by atoms with van der Waals surface area (Å²) in [6, 6.07) is 6.77. The van der Waals surface area contributed by atoms with Crippen molar-refractivity contribution in [1.29, 1.82) is 5.26 Å². The van der Waals surface area contributed by atoms with E-state index in [4.69, 9.17) is 5.26 Å². The van der Waals surface area contributed by atoms with Crippen LogP contribution in [-0.2, 0) is 6.42 Å². The molecule has 1 heterocycles. The Labute approximate surface area is 108 Å². The third-order valence-electron chi connectivity index (χ3n) is 2.39. The largest absolute Gasteiger partial charge is 0.354 e. The maximum Gasteiger partial charge on any atom is 0.223 e. The Hall–Kier alpha value is -2.55. The van der Waals surface area contributed by atoms with Crippen LogP contribution in [0, 0.1) is 23.0 Å². The Morgan fingerprint density at radius 3 is 2.63 bits per heavy atom. The van der Waals surface area contributed by atoms with E-state index in [0.29, 0.717) is 24.5 Å². The average Bonchev–Trinajstić information content (AvgIpc) is 2.38. The fraction of sp³-hybridized carbons (Fsp3) is 0.154. The summed E-state index contributed by atoms with van der Waals surface area (Å²) >= 11 is 0. The lowest BCUT2D eigenvalue weighted by Gasteiger charge is -2.05. The van der Waals surface area contributed by atoms with Crippen molar-refractivity contribution in [2.24, 2.45) is 0 Å². The summed E-state index contributed by atoms with van der Waals surface area (Å²) in [7, 11) is 0. The van der Waals surface area contributed by atoms with Crippen LogP contribution in [0.2, 0.25) is 0 Å². The van der Waals surface area contributed by atoms with Crippen LogP contribution in [0.1, 0.15) is 11.3 Å². The molecule has 0 saturated heterocycles. The van der Waals surface area contributed by atoms with Gasteiger partial charge in [-0.15, -0.1) is 0 Å². The highest BCUT2D eigenvalue weighted by Crippen LogP contribution is 2.09. The van der Waals surface area contributed by atoms with Crippen molar-refractivity contribution in [3.8, 4) is 6.07 Å². The molecule has 0 aliphatic carbocycles. The van der Waals surface area contributed by atoms with Crippen molar-refractivity contribution in [2.45, 2.75) is 6.42 Å². The molecule has 6 heteroatoms. The normalized spacial score (nSPS) is 9.95. The smallest absolute Gasteiger partial charge is 0.223 e. The zero-order valence-corrected chi connectivity index (χ0v) is 9.90. The molecule has 1 aromatic carbocycles. The molecule has 0 unspecified atom stereocenters. The summed E-state index contributed by atoms with van der Waals surface area (Å²) in [5.74, 6) is -0.883. The molecule has 2 rings (SSSR count). The number of hydrogen-bond acceptors (Lipinski definition) is 4. The van der Waals surface area contributed by atoms with Gasteiger partial charge in [-0.3, -0.25) is 0 Å². The predicted octanol–water partition coefficient (Wildman–Crippen LogP) is 2.28. The van der Waals surface area contributed by atoms with Crippen LogP contribution in [0.4, 0.5) is 14.7 Å². The summed E-state index contributed by atoms with van der Waals surface area (Å²) in [5.41, 5.74) is 0.802. The van der Waals surface area contributed by atoms with Crippen molar-refractivity contribution in [1.82, 2.24) is 9.97 Å². The summed E-state index contributed by atoms with van der Waals surface area (Å²) in [5, 5.41) is 11.6. The van der Waals surface area contributed by atoms with Crippen LogP contribution in [0.3, 0.4) is 0 Å². The highest BCUT2D eigenvalue weighted by molar-refractivity contribution is 5.30. The summed E-state index contributed by atoms with van der Waals surface area (Å²) in [6.07, 6.45) is 1.89. The van der Waals surface area contributed by atoms with Gasteiger partial charge in [-0.1, -0.05) is 0 Å². The third kappa shape index (κ3) is 3.71. The quantitative estimate of drug-likeness (QED) is 0.916. The topological polar surface area (TPSA) is 61.6 Å². The maximum absolute atomic E-state index is 13.0. The molecule has 4 nitrogen and oxygen atoms in total. The molecule has 0 bridgehead atoms. The van der Waals surface area contributed by atoms with E-state index in [9.17, 15) is 8.78 Å². The Bertz CT molecular complexity index is 602. The zero-order valence-electron chi connectivity index (χ0n) is 9.90. The lowest BCUT2D eigenvalue weighted by Crippen LogP contribution is -2.08. The molecular formula is C13H10F2N4. The van der Waals surface area contributed by atoms with Crippen LogP contribution < -0.4 is 5.32 Å². The lowest BCUT2D eigenvalue weighted by atomic mass is 10.1. The second-order valence-corrected chi connectivity index (χ2v) is 3.83. The Morgan fingerprint density at radius 2 is 1.95 bits per heavy atom. The van der Waals surface area contributed by atoms with E-state index in [1.807, 2.05) is 6.07 Å². The SMILES string of the molecule is N#Cc1ccnc(NCCc2cc(F)cc(F)c2)n1. The van der Waals surface area contributed by atoms with Gasteiger partial charge < -0.3 is 5.32 Å². The first-order chi connectivity index (χ1) is 9.17. The van der Waals surface area contributed by atoms with Gasteiger partial charge in [0.05, 0.1) is 0 Å². The third-order valence-corrected chi connectivity index (χ3v) is 2.39.